The Morgan fingerprint density at radius 2 is 1.44 bits per heavy atom. The maximum atomic E-state index is 8.53. The van der Waals surface area contributed by atoms with Gasteiger partial charge in [0.2, 0.25) is 0 Å². The highest BCUT2D eigenvalue weighted by Crippen LogP contribution is 2.03. The maximum absolute atomic E-state index is 8.53. The van der Waals surface area contributed by atoms with E-state index in [0.717, 1.165) is 12.8 Å². The lowest BCUT2D eigenvalue weighted by Gasteiger charge is -2.04. The average Bonchev–Trinajstić information content (AvgIpc) is 1.96. The first-order chi connectivity index (χ1) is 4.35. The van der Waals surface area contributed by atoms with Crippen LogP contribution in [0, 0.1) is 5.92 Å². The molecule has 0 amide bonds. The molecule has 0 fully saturated rings. The van der Waals surface area contributed by atoms with Gasteiger partial charge in [0.25, 0.3) is 0 Å². The molecule has 0 spiro atoms. The Balaban J connectivity index is 0. The number of hydrogen-bond donors (Lipinski definition) is 1. The van der Waals surface area contributed by atoms with Gasteiger partial charge in [-0.3, -0.25) is 0 Å². The molecule has 1 nitrogen and oxygen atoms in total. The molecule has 0 saturated heterocycles. The summed E-state index contributed by atoms with van der Waals surface area (Å²) in [6.07, 6.45) is 2.21. The minimum atomic E-state index is 0.354. The van der Waals surface area contributed by atoms with Crippen LogP contribution in [0.3, 0.4) is 0 Å². The minimum absolute atomic E-state index is 0.354. The van der Waals surface area contributed by atoms with Crippen LogP contribution in [0.25, 0.3) is 0 Å². The Morgan fingerprint density at radius 3 is 1.44 bits per heavy atom. The van der Waals surface area contributed by atoms with Gasteiger partial charge >= 0.3 is 0 Å². The van der Waals surface area contributed by atoms with E-state index >= 15 is 0 Å². The zero-order chi connectivity index (χ0) is 7.70. The fraction of sp³-hybridized carbons (Fsp3) is 1.00. The first-order valence-corrected chi connectivity index (χ1v) is 3.96. The molecule has 0 unspecified atom stereocenters. The summed E-state index contributed by atoms with van der Waals surface area (Å²) in [5.74, 6) is 0.542. The predicted octanol–water partition coefficient (Wildman–Crippen LogP) is 2.44. The Morgan fingerprint density at radius 1 is 1.11 bits per heavy atom. The minimum Gasteiger partial charge on any atom is -0.396 e. The van der Waals surface area contributed by atoms with E-state index in [-0.39, 0.29) is 0 Å². The summed E-state index contributed by atoms with van der Waals surface area (Å²) < 4.78 is 0. The summed E-state index contributed by atoms with van der Waals surface area (Å²) >= 11 is 0. The number of aliphatic hydroxyl groups is 1. The molecular formula is C8H20O. The number of aliphatic hydroxyl groups excluding tert-OH is 1. The van der Waals surface area contributed by atoms with E-state index in [9.17, 15) is 0 Å². The predicted molar refractivity (Wildman–Crippen MR) is 42.5 cm³/mol. The molecule has 58 valence electrons. The van der Waals surface area contributed by atoms with E-state index in [1.54, 1.807) is 0 Å². The van der Waals surface area contributed by atoms with E-state index in [0.29, 0.717) is 12.5 Å². The molecule has 0 aromatic carbocycles. The highest BCUT2D eigenvalue weighted by molar-refractivity contribution is 4.48. The summed E-state index contributed by atoms with van der Waals surface area (Å²) in [7, 11) is 0. The van der Waals surface area contributed by atoms with Crippen molar-refractivity contribution in [1.82, 2.24) is 0 Å². The van der Waals surface area contributed by atoms with E-state index in [1.165, 1.54) is 0 Å². The summed E-state index contributed by atoms with van der Waals surface area (Å²) in [6, 6.07) is 0. The first-order valence-electron chi connectivity index (χ1n) is 3.96. The SMILES string of the molecule is CC.CCC(CC)CO. The highest BCUT2D eigenvalue weighted by atomic mass is 16.3. The van der Waals surface area contributed by atoms with E-state index in [4.69, 9.17) is 5.11 Å². The van der Waals surface area contributed by atoms with Gasteiger partial charge in [0.05, 0.1) is 0 Å². The van der Waals surface area contributed by atoms with Crippen molar-refractivity contribution in [3.8, 4) is 0 Å². The van der Waals surface area contributed by atoms with Crippen molar-refractivity contribution in [2.75, 3.05) is 6.61 Å². The van der Waals surface area contributed by atoms with Crippen LogP contribution in [0.1, 0.15) is 40.5 Å². The maximum Gasteiger partial charge on any atom is 0.0459 e. The molecule has 0 saturated carbocycles. The summed E-state index contributed by atoms with van der Waals surface area (Å²) in [4.78, 5) is 0. The lowest BCUT2D eigenvalue weighted by atomic mass is 10.1. The molecule has 0 bridgehead atoms. The molecule has 9 heavy (non-hydrogen) atoms. The largest absolute Gasteiger partial charge is 0.396 e. The van der Waals surface area contributed by atoms with Crippen LogP contribution < -0.4 is 0 Å². The van der Waals surface area contributed by atoms with Crippen molar-refractivity contribution in [1.29, 1.82) is 0 Å². The second-order valence-electron chi connectivity index (χ2n) is 1.87. The Labute approximate surface area is 59.1 Å². The smallest absolute Gasteiger partial charge is 0.0459 e. The van der Waals surface area contributed by atoms with Crippen molar-refractivity contribution in [3.63, 3.8) is 0 Å². The first kappa shape index (κ1) is 11.7. The molecule has 0 aromatic heterocycles. The monoisotopic (exact) mass is 132 g/mol. The molecular weight excluding hydrogens is 112 g/mol. The van der Waals surface area contributed by atoms with E-state index in [2.05, 4.69) is 13.8 Å². The average molecular weight is 132 g/mol. The van der Waals surface area contributed by atoms with E-state index in [1.807, 2.05) is 13.8 Å². The highest BCUT2D eigenvalue weighted by Gasteiger charge is 1.97. The molecule has 1 heteroatoms. The van der Waals surface area contributed by atoms with Gasteiger partial charge in [-0.25, -0.2) is 0 Å². The summed E-state index contributed by atoms with van der Waals surface area (Å²) in [6.45, 7) is 8.56. The third kappa shape index (κ3) is 7.96. The number of hydrogen-bond acceptors (Lipinski definition) is 1. The van der Waals surface area contributed by atoms with Crippen molar-refractivity contribution in [2.45, 2.75) is 40.5 Å². The Kier molecular flexibility index (Phi) is 14.1. The fourth-order valence-corrected chi connectivity index (χ4v) is 0.547. The van der Waals surface area contributed by atoms with Crippen LogP contribution in [0.4, 0.5) is 0 Å². The van der Waals surface area contributed by atoms with Crippen LogP contribution >= 0.6 is 0 Å². The summed E-state index contributed by atoms with van der Waals surface area (Å²) in [5.41, 5.74) is 0. The fourth-order valence-electron chi connectivity index (χ4n) is 0.547. The molecule has 0 atom stereocenters. The normalized spacial score (nSPS) is 8.67. The van der Waals surface area contributed by atoms with E-state index < -0.39 is 0 Å². The van der Waals surface area contributed by atoms with Gasteiger partial charge < -0.3 is 5.11 Å². The lowest BCUT2D eigenvalue weighted by molar-refractivity contribution is 0.219. The molecule has 0 radical (unpaired) electrons. The third-order valence-electron chi connectivity index (χ3n) is 1.41. The quantitative estimate of drug-likeness (QED) is 0.625. The molecule has 0 rings (SSSR count). The Bertz CT molecular complexity index is 26.0. The molecule has 1 N–H and O–H groups in total. The molecule has 0 heterocycles. The standard InChI is InChI=1S/C6H14O.C2H6/c1-3-6(4-2)5-7;1-2/h6-7H,3-5H2,1-2H3;1-2H3. The van der Waals surface area contributed by atoms with Gasteiger partial charge in [-0.1, -0.05) is 40.5 Å². The lowest BCUT2D eigenvalue weighted by Crippen LogP contribution is -2.01. The second-order valence-corrected chi connectivity index (χ2v) is 1.87. The second kappa shape index (κ2) is 10.9. The topological polar surface area (TPSA) is 20.2 Å². The molecule has 0 aliphatic carbocycles. The van der Waals surface area contributed by atoms with Gasteiger partial charge in [0, 0.05) is 6.61 Å². The van der Waals surface area contributed by atoms with Crippen molar-refractivity contribution in [3.05, 3.63) is 0 Å². The van der Waals surface area contributed by atoms with Crippen LogP contribution in [-0.2, 0) is 0 Å². The molecule has 0 aliphatic rings. The van der Waals surface area contributed by atoms with Crippen LogP contribution in [0.2, 0.25) is 0 Å². The van der Waals surface area contributed by atoms with Crippen LogP contribution in [-0.4, -0.2) is 11.7 Å². The van der Waals surface area contributed by atoms with Gasteiger partial charge in [-0.05, 0) is 5.92 Å². The van der Waals surface area contributed by atoms with Gasteiger partial charge in [0.15, 0.2) is 0 Å². The number of rotatable bonds is 3. The zero-order valence-corrected chi connectivity index (χ0v) is 7.15. The van der Waals surface area contributed by atoms with Crippen LogP contribution in [0.5, 0.6) is 0 Å². The van der Waals surface area contributed by atoms with Gasteiger partial charge in [-0.15, -0.1) is 0 Å². The van der Waals surface area contributed by atoms with Crippen molar-refractivity contribution >= 4 is 0 Å². The zero-order valence-electron chi connectivity index (χ0n) is 7.15. The van der Waals surface area contributed by atoms with Crippen molar-refractivity contribution < 1.29 is 5.11 Å². The molecule has 0 aliphatic heterocycles. The summed E-state index contributed by atoms with van der Waals surface area (Å²) in [5, 5.41) is 8.53. The van der Waals surface area contributed by atoms with Crippen molar-refractivity contribution in [2.24, 2.45) is 5.92 Å². The third-order valence-corrected chi connectivity index (χ3v) is 1.41. The van der Waals surface area contributed by atoms with Gasteiger partial charge in [-0.2, -0.15) is 0 Å². The Hall–Kier alpha value is -0.0400. The van der Waals surface area contributed by atoms with Gasteiger partial charge in [0.1, 0.15) is 0 Å². The molecule has 0 aromatic rings. The van der Waals surface area contributed by atoms with Crippen LogP contribution in [0.15, 0.2) is 0 Å².